The second-order valence-corrected chi connectivity index (χ2v) is 7.31. The maximum atomic E-state index is 13.2. The Labute approximate surface area is 184 Å². The molecule has 0 saturated heterocycles. The van der Waals surface area contributed by atoms with Gasteiger partial charge in [0.25, 0.3) is 5.69 Å². The molecule has 0 aliphatic heterocycles. The number of carboxylic acid groups (broad SMARTS) is 2. The molecule has 2 aromatic rings. The van der Waals surface area contributed by atoms with E-state index in [9.17, 15) is 43.1 Å². The van der Waals surface area contributed by atoms with E-state index >= 15 is 0 Å². The van der Waals surface area contributed by atoms with Gasteiger partial charge >= 0.3 is 18.1 Å². The number of aryl methyl sites for hydroxylation is 2. The summed E-state index contributed by atoms with van der Waals surface area (Å²) in [4.78, 5) is 39.2. The highest BCUT2D eigenvalue weighted by Gasteiger charge is 2.53. The lowest BCUT2D eigenvalue weighted by Crippen LogP contribution is -2.46. The van der Waals surface area contributed by atoms with Crippen molar-refractivity contribution < 1.29 is 37.9 Å². The standard InChI is InChI=1S/C20H18ClF3N2O6/c1-3-10-5-6-25-15(4-2)11(10)9-19(17(27)28,18(29)30)13-7-14(21)12(20(22,23)24)8-16(13)26(31)32/h5-8H,3-4,9H2,1-2H3,(H,27,28)(H,29,30). The molecule has 2 N–H and O–H groups in total. The molecule has 0 aliphatic rings. The van der Waals surface area contributed by atoms with Crippen LogP contribution in [0.25, 0.3) is 0 Å². The van der Waals surface area contributed by atoms with Crippen molar-refractivity contribution in [3.05, 3.63) is 67.5 Å². The van der Waals surface area contributed by atoms with E-state index in [2.05, 4.69) is 4.98 Å². The third kappa shape index (κ3) is 4.38. The van der Waals surface area contributed by atoms with Gasteiger partial charge in [-0.1, -0.05) is 25.4 Å². The highest BCUT2D eigenvalue weighted by Crippen LogP contribution is 2.44. The van der Waals surface area contributed by atoms with E-state index in [0.717, 1.165) is 0 Å². The topological polar surface area (TPSA) is 131 Å². The predicted molar refractivity (Wildman–Crippen MR) is 107 cm³/mol. The first-order valence-electron chi connectivity index (χ1n) is 9.29. The minimum atomic E-state index is -5.08. The minimum absolute atomic E-state index is 0.0585. The Hall–Kier alpha value is -3.21. The predicted octanol–water partition coefficient (Wildman–Crippen LogP) is 4.44. The molecular formula is C20H18ClF3N2O6. The molecule has 12 heteroatoms. The normalized spacial score (nSPS) is 11.9. The zero-order valence-corrected chi connectivity index (χ0v) is 17.6. The minimum Gasteiger partial charge on any atom is -0.480 e. The van der Waals surface area contributed by atoms with Crippen molar-refractivity contribution in [1.82, 2.24) is 4.98 Å². The lowest BCUT2D eigenvalue weighted by Gasteiger charge is -2.28. The summed E-state index contributed by atoms with van der Waals surface area (Å²) in [5.74, 6) is -3.98. The molecule has 0 saturated carbocycles. The highest BCUT2D eigenvalue weighted by molar-refractivity contribution is 6.31. The van der Waals surface area contributed by atoms with Crippen LogP contribution in [0.5, 0.6) is 0 Å². The summed E-state index contributed by atoms with van der Waals surface area (Å²) in [6.07, 6.45) is -3.73. The van der Waals surface area contributed by atoms with Gasteiger partial charge in [0.05, 0.1) is 21.1 Å². The molecule has 32 heavy (non-hydrogen) atoms. The second kappa shape index (κ2) is 9.11. The van der Waals surface area contributed by atoms with Gasteiger partial charge in [-0.2, -0.15) is 13.2 Å². The summed E-state index contributed by atoms with van der Waals surface area (Å²) in [6, 6.07) is 2.01. The summed E-state index contributed by atoms with van der Waals surface area (Å²) in [7, 11) is 0. The van der Waals surface area contributed by atoms with Crippen molar-refractivity contribution in [2.24, 2.45) is 0 Å². The number of benzene rings is 1. The quantitative estimate of drug-likeness (QED) is 0.328. The maximum Gasteiger partial charge on any atom is 0.418 e. The number of carboxylic acids is 2. The van der Waals surface area contributed by atoms with E-state index in [4.69, 9.17) is 11.6 Å². The number of pyridine rings is 1. The third-order valence-corrected chi connectivity index (χ3v) is 5.49. The fourth-order valence-corrected chi connectivity index (χ4v) is 3.81. The highest BCUT2D eigenvalue weighted by atomic mass is 35.5. The van der Waals surface area contributed by atoms with Gasteiger partial charge < -0.3 is 10.2 Å². The molecular weight excluding hydrogens is 457 g/mol. The van der Waals surface area contributed by atoms with Gasteiger partial charge in [-0.25, -0.2) is 0 Å². The maximum absolute atomic E-state index is 13.2. The summed E-state index contributed by atoms with van der Waals surface area (Å²) >= 11 is 5.69. The zero-order chi connectivity index (χ0) is 24.4. The van der Waals surface area contributed by atoms with Crippen LogP contribution in [-0.4, -0.2) is 32.1 Å². The Bertz CT molecular complexity index is 1050. The second-order valence-electron chi connectivity index (χ2n) is 6.90. The van der Waals surface area contributed by atoms with E-state index < -0.39 is 56.7 Å². The fraction of sp³-hybridized carbons (Fsp3) is 0.350. The molecule has 0 amide bonds. The Morgan fingerprint density at radius 2 is 1.72 bits per heavy atom. The van der Waals surface area contributed by atoms with Crippen LogP contribution in [0, 0.1) is 10.1 Å². The van der Waals surface area contributed by atoms with Crippen LogP contribution < -0.4 is 0 Å². The number of aliphatic carboxylic acids is 2. The van der Waals surface area contributed by atoms with Crippen molar-refractivity contribution in [3.63, 3.8) is 0 Å². The summed E-state index contributed by atoms with van der Waals surface area (Å²) in [5.41, 5.74) is -5.68. The van der Waals surface area contributed by atoms with E-state index in [0.29, 0.717) is 30.2 Å². The number of aromatic nitrogens is 1. The van der Waals surface area contributed by atoms with Crippen LogP contribution in [0.3, 0.4) is 0 Å². The number of hydrogen-bond donors (Lipinski definition) is 2. The van der Waals surface area contributed by atoms with Crippen molar-refractivity contribution in [3.8, 4) is 0 Å². The van der Waals surface area contributed by atoms with Crippen molar-refractivity contribution in [1.29, 1.82) is 0 Å². The average molecular weight is 475 g/mol. The first kappa shape index (κ1) is 25.1. The van der Waals surface area contributed by atoms with E-state index in [1.165, 1.54) is 6.20 Å². The molecule has 2 rings (SSSR count). The molecule has 0 bridgehead atoms. The number of halogens is 4. The van der Waals surface area contributed by atoms with Gasteiger partial charge in [-0.15, -0.1) is 0 Å². The number of hydrogen-bond acceptors (Lipinski definition) is 5. The molecule has 0 fully saturated rings. The first-order valence-corrected chi connectivity index (χ1v) is 9.67. The van der Waals surface area contributed by atoms with Gasteiger partial charge in [-0.05, 0) is 36.1 Å². The Morgan fingerprint density at radius 1 is 1.12 bits per heavy atom. The Morgan fingerprint density at radius 3 is 2.16 bits per heavy atom. The Kier molecular flexibility index (Phi) is 7.13. The van der Waals surface area contributed by atoms with Gasteiger partial charge in [0.15, 0.2) is 5.41 Å². The van der Waals surface area contributed by atoms with Gasteiger partial charge in [0.2, 0.25) is 0 Å². The number of rotatable bonds is 8. The number of alkyl halides is 3. The van der Waals surface area contributed by atoms with E-state index in [1.54, 1.807) is 19.9 Å². The molecule has 8 nitrogen and oxygen atoms in total. The SMILES string of the molecule is CCc1ccnc(CC)c1CC(C(=O)O)(C(=O)O)c1cc(Cl)c(C(F)(F)F)cc1[N+](=O)[O-]. The molecule has 0 aliphatic carbocycles. The van der Waals surface area contributed by atoms with Gasteiger partial charge in [0.1, 0.15) is 0 Å². The molecule has 172 valence electrons. The monoisotopic (exact) mass is 474 g/mol. The molecule has 1 aromatic carbocycles. The van der Waals surface area contributed by atoms with Crippen LogP contribution in [0.15, 0.2) is 24.4 Å². The van der Waals surface area contributed by atoms with Crippen molar-refractivity contribution >= 4 is 29.2 Å². The third-order valence-electron chi connectivity index (χ3n) is 5.18. The van der Waals surface area contributed by atoms with Crippen LogP contribution >= 0.6 is 11.6 Å². The van der Waals surface area contributed by atoms with E-state index in [1.807, 2.05) is 0 Å². The summed E-state index contributed by atoms with van der Waals surface area (Å²) in [6.45, 7) is 3.44. The van der Waals surface area contributed by atoms with Crippen molar-refractivity contribution in [2.75, 3.05) is 0 Å². The molecule has 0 atom stereocenters. The zero-order valence-electron chi connectivity index (χ0n) is 16.9. The summed E-state index contributed by atoms with van der Waals surface area (Å²) in [5, 5.41) is 30.5. The van der Waals surface area contributed by atoms with E-state index in [-0.39, 0.29) is 11.6 Å². The largest absolute Gasteiger partial charge is 0.480 e. The van der Waals surface area contributed by atoms with Crippen LogP contribution in [0.4, 0.5) is 18.9 Å². The molecule has 0 radical (unpaired) electrons. The molecule has 1 heterocycles. The number of nitro groups is 1. The van der Waals surface area contributed by atoms with Gasteiger partial charge in [-0.3, -0.25) is 24.7 Å². The van der Waals surface area contributed by atoms with Crippen LogP contribution in [0.2, 0.25) is 5.02 Å². The number of nitro benzene ring substituents is 1. The number of nitrogens with zero attached hydrogens (tertiary/aromatic N) is 2. The lowest BCUT2D eigenvalue weighted by atomic mass is 9.73. The van der Waals surface area contributed by atoms with Gasteiger partial charge in [0, 0.05) is 24.4 Å². The molecule has 0 unspecified atom stereocenters. The van der Waals surface area contributed by atoms with Crippen LogP contribution in [-0.2, 0) is 40.4 Å². The van der Waals surface area contributed by atoms with Crippen LogP contribution in [0.1, 0.15) is 41.8 Å². The molecule has 0 spiro atoms. The average Bonchev–Trinajstić information content (AvgIpc) is 2.69. The fourth-order valence-electron chi connectivity index (χ4n) is 3.54. The first-order chi connectivity index (χ1) is 14.8. The smallest absolute Gasteiger partial charge is 0.418 e. The lowest BCUT2D eigenvalue weighted by molar-refractivity contribution is -0.386. The number of carbonyl (C=O) groups is 2. The molecule has 1 aromatic heterocycles. The van der Waals surface area contributed by atoms with Crippen molar-refractivity contribution in [2.45, 2.75) is 44.7 Å². The Balaban J connectivity index is 2.96. The summed E-state index contributed by atoms with van der Waals surface area (Å²) < 4.78 is 39.7.